The van der Waals surface area contributed by atoms with Crippen molar-refractivity contribution in [3.05, 3.63) is 70.0 Å². The largest absolute Gasteiger partial charge is 0.490 e. The van der Waals surface area contributed by atoms with Gasteiger partial charge in [-0.05, 0) is 54.7 Å². The Bertz CT molecular complexity index is 1180. The molecule has 5 nitrogen and oxygen atoms in total. The molecule has 1 aliphatic carbocycles. The summed E-state index contributed by atoms with van der Waals surface area (Å²) < 4.78 is 7.87. The molecule has 0 amide bonds. The molecule has 0 spiro atoms. The summed E-state index contributed by atoms with van der Waals surface area (Å²) in [6.07, 6.45) is 4.61. The number of pyridine rings is 1. The van der Waals surface area contributed by atoms with E-state index < -0.39 is 0 Å². The van der Waals surface area contributed by atoms with Crippen molar-refractivity contribution < 1.29 is 4.74 Å². The molecule has 2 heterocycles. The highest BCUT2D eigenvalue weighted by Gasteiger charge is 2.25. The van der Waals surface area contributed by atoms with Crippen molar-refractivity contribution in [2.75, 3.05) is 18.0 Å². The molecule has 0 bridgehead atoms. The molecule has 0 atom stereocenters. The van der Waals surface area contributed by atoms with Crippen LogP contribution in [-0.4, -0.2) is 23.8 Å². The van der Waals surface area contributed by atoms with Gasteiger partial charge in [-0.25, -0.2) is 0 Å². The van der Waals surface area contributed by atoms with Gasteiger partial charge in [0.1, 0.15) is 11.9 Å². The zero-order chi connectivity index (χ0) is 20.7. The van der Waals surface area contributed by atoms with Crippen LogP contribution in [0.3, 0.4) is 0 Å². The number of piperidine rings is 1. The monoisotopic (exact) mass is 399 g/mol. The quantitative estimate of drug-likeness (QED) is 0.655. The van der Waals surface area contributed by atoms with Gasteiger partial charge in [-0.3, -0.25) is 4.79 Å². The molecule has 2 aromatic carbocycles. The molecule has 2 aliphatic rings. The summed E-state index contributed by atoms with van der Waals surface area (Å²) in [4.78, 5) is 14.7. The van der Waals surface area contributed by atoms with Gasteiger partial charge in [0.25, 0.3) is 5.56 Å². The van der Waals surface area contributed by atoms with E-state index in [-0.39, 0.29) is 11.7 Å². The van der Waals surface area contributed by atoms with Crippen LogP contribution < -0.4 is 15.2 Å². The van der Waals surface area contributed by atoms with E-state index in [4.69, 9.17) is 4.74 Å². The molecule has 1 aliphatic heterocycles. The number of fused-ring (bicyclic) bond motifs is 1. The average molecular weight is 399 g/mol. The van der Waals surface area contributed by atoms with Crippen LogP contribution in [0.25, 0.3) is 10.9 Å². The summed E-state index contributed by atoms with van der Waals surface area (Å²) >= 11 is 0. The van der Waals surface area contributed by atoms with E-state index in [1.165, 1.54) is 18.4 Å². The molecule has 5 heteroatoms. The van der Waals surface area contributed by atoms with Crippen LogP contribution >= 0.6 is 0 Å². The average Bonchev–Trinajstić information content (AvgIpc) is 3.62. The summed E-state index contributed by atoms with van der Waals surface area (Å²) in [6.45, 7) is 1.65. The number of benzene rings is 2. The van der Waals surface area contributed by atoms with E-state index in [1.807, 2.05) is 12.1 Å². The summed E-state index contributed by atoms with van der Waals surface area (Å²) in [5.74, 6) is 1.70. The number of ether oxygens (including phenoxy) is 1. The zero-order valence-corrected chi connectivity index (χ0v) is 17.2. The highest BCUT2D eigenvalue weighted by Crippen LogP contribution is 2.40. The molecule has 0 unspecified atom stereocenters. The van der Waals surface area contributed by atoms with Gasteiger partial charge in [-0.1, -0.05) is 12.1 Å². The number of aromatic nitrogens is 1. The van der Waals surface area contributed by atoms with Crippen molar-refractivity contribution in [2.45, 2.75) is 37.7 Å². The predicted octanol–water partition coefficient (Wildman–Crippen LogP) is 4.34. The Kier molecular flexibility index (Phi) is 4.71. The molecule has 2 fully saturated rings. The molecular weight excluding hydrogens is 374 g/mol. The fourth-order valence-corrected chi connectivity index (χ4v) is 4.42. The Morgan fingerprint density at radius 1 is 1.00 bits per heavy atom. The maximum atomic E-state index is 12.5. The second kappa shape index (κ2) is 7.53. The first-order chi connectivity index (χ1) is 14.6. The van der Waals surface area contributed by atoms with Crippen molar-refractivity contribution in [3.8, 4) is 11.8 Å². The van der Waals surface area contributed by atoms with Crippen molar-refractivity contribution in [2.24, 2.45) is 7.05 Å². The summed E-state index contributed by atoms with van der Waals surface area (Å²) in [5, 5.41) is 10.2. The molecule has 152 valence electrons. The predicted molar refractivity (Wildman–Crippen MR) is 118 cm³/mol. The maximum Gasteiger partial charge on any atom is 0.252 e. The first kappa shape index (κ1) is 18.7. The van der Waals surface area contributed by atoms with Crippen LogP contribution in [0.2, 0.25) is 0 Å². The number of anilines is 1. The number of hydrogen-bond acceptors (Lipinski definition) is 4. The van der Waals surface area contributed by atoms with E-state index in [2.05, 4.69) is 35.2 Å². The summed E-state index contributed by atoms with van der Waals surface area (Å²) in [5.41, 5.74) is 3.76. The third-order valence-corrected chi connectivity index (χ3v) is 6.37. The fraction of sp³-hybridized carbons (Fsp3) is 0.360. The Morgan fingerprint density at radius 3 is 2.40 bits per heavy atom. The highest BCUT2D eigenvalue weighted by molar-refractivity contribution is 5.93. The number of nitriles is 1. The van der Waals surface area contributed by atoms with Crippen LogP contribution in [0.4, 0.5) is 5.69 Å². The number of hydrogen-bond donors (Lipinski definition) is 0. The molecule has 0 radical (unpaired) electrons. The van der Waals surface area contributed by atoms with E-state index in [0.29, 0.717) is 5.56 Å². The molecule has 1 aromatic heterocycles. The van der Waals surface area contributed by atoms with E-state index in [1.54, 1.807) is 23.7 Å². The maximum absolute atomic E-state index is 12.5. The third kappa shape index (κ3) is 3.54. The molecule has 1 saturated heterocycles. The van der Waals surface area contributed by atoms with Gasteiger partial charge < -0.3 is 14.2 Å². The van der Waals surface area contributed by atoms with Gasteiger partial charge in [-0.15, -0.1) is 0 Å². The first-order valence-electron chi connectivity index (χ1n) is 10.7. The van der Waals surface area contributed by atoms with Crippen LogP contribution in [0.15, 0.2) is 53.3 Å². The third-order valence-electron chi connectivity index (χ3n) is 6.37. The smallest absolute Gasteiger partial charge is 0.252 e. The second-order valence-corrected chi connectivity index (χ2v) is 8.42. The van der Waals surface area contributed by atoms with Gasteiger partial charge in [0.15, 0.2) is 0 Å². The Labute approximate surface area is 176 Å². The number of nitrogens with zero attached hydrogens (tertiary/aromatic N) is 3. The van der Waals surface area contributed by atoms with Gasteiger partial charge >= 0.3 is 0 Å². The standard InChI is InChI=1S/C25H25N3O2/c1-27-23-9-2-17(16-26)14-22(23)24(15-25(27)29)28-12-10-21(11-13-28)30-20-7-5-19(6-8-20)18-3-4-18/h2,5-9,14-15,18,21H,3-4,10-13H2,1H3. The zero-order valence-electron chi connectivity index (χ0n) is 17.2. The number of aryl methyl sites for hydroxylation is 1. The summed E-state index contributed by atoms with van der Waals surface area (Å²) in [7, 11) is 1.77. The summed E-state index contributed by atoms with van der Waals surface area (Å²) in [6, 6.07) is 18.0. The molecule has 1 saturated carbocycles. The lowest BCUT2D eigenvalue weighted by molar-refractivity contribution is 0.171. The van der Waals surface area contributed by atoms with Gasteiger partial charge in [-0.2, -0.15) is 5.26 Å². The first-order valence-corrected chi connectivity index (χ1v) is 10.7. The Balaban J connectivity index is 1.32. The second-order valence-electron chi connectivity index (χ2n) is 8.42. The highest BCUT2D eigenvalue weighted by atomic mass is 16.5. The van der Waals surface area contributed by atoms with E-state index in [9.17, 15) is 10.1 Å². The Hall–Kier alpha value is -3.26. The molecular formula is C25H25N3O2. The van der Waals surface area contributed by atoms with E-state index in [0.717, 1.165) is 54.2 Å². The minimum atomic E-state index is -0.0312. The topological polar surface area (TPSA) is 58.3 Å². The van der Waals surface area contributed by atoms with Crippen LogP contribution in [0.1, 0.15) is 42.7 Å². The van der Waals surface area contributed by atoms with Crippen molar-refractivity contribution in [1.82, 2.24) is 4.57 Å². The van der Waals surface area contributed by atoms with Crippen molar-refractivity contribution >= 4 is 16.6 Å². The van der Waals surface area contributed by atoms with Crippen molar-refractivity contribution in [1.29, 1.82) is 5.26 Å². The minimum absolute atomic E-state index is 0.0312. The number of rotatable bonds is 4. The molecule has 30 heavy (non-hydrogen) atoms. The molecule has 5 rings (SSSR count). The van der Waals surface area contributed by atoms with E-state index >= 15 is 0 Å². The van der Waals surface area contributed by atoms with Crippen LogP contribution in [0, 0.1) is 11.3 Å². The lowest BCUT2D eigenvalue weighted by atomic mass is 10.0. The SMILES string of the molecule is Cn1c(=O)cc(N2CCC(Oc3ccc(C4CC4)cc3)CC2)c2cc(C#N)ccc21. The van der Waals surface area contributed by atoms with Gasteiger partial charge in [0.2, 0.25) is 0 Å². The van der Waals surface area contributed by atoms with Crippen LogP contribution in [-0.2, 0) is 7.05 Å². The lowest BCUT2D eigenvalue weighted by Crippen LogP contribution is -2.39. The van der Waals surface area contributed by atoms with Crippen LogP contribution in [0.5, 0.6) is 5.75 Å². The van der Waals surface area contributed by atoms with Gasteiger partial charge in [0.05, 0.1) is 22.8 Å². The fourth-order valence-electron chi connectivity index (χ4n) is 4.42. The minimum Gasteiger partial charge on any atom is -0.490 e. The molecule has 3 aromatic rings. The lowest BCUT2D eigenvalue weighted by Gasteiger charge is -2.34. The van der Waals surface area contributed by atoms with Gasteiger partial charge in [0, 0.05) is 44.4 Å². The van der Waals surface area contributed by atoms with Crippen molar-refractivity contribution in [3.63, 3.8) is 0 Å². The molecule has 0 N–H and O–H groups in total. The normalized spacial score (nSPS) is 17.1. The Morgan fingerprint density at radius 2 is 1.73 bits per heavy atom.